The third kappa shape index (κ3) is 2.12. The van der Waals surface area contributed by atoms with Crippen molar-refractivity contribution in [3.05, 3.63) is 28.5 Å². The molecule has 1 heterocycles. The van der Waals surface area contributed by atoms with E-state index < -0.39 is 5.82 Å². The lowest BCUT2D eigenvalue weighted by Gasteiger charge is -2.39. The molecular weight excluding hydrogens is 327 g/mol. The van der Waals surface area contributed by atoms with Crippen LogP contribution in [0.15, 0.2) is 22.7 Å². The number of nitrogens with one attached hydrogen (secondary N) is 1. The van der Waals surface area contributed by atoms with E-state index >= 15 is 0 Å². The molecule has 2 amide bonds. The van der Waals surface area contributed by atoms with Gasteiger partial charge in [-0.1, -0.05) is 18.9 Å². The Bertz CT molecular complexity index is 578. The molecule has 1 N–H and O–H groups in total. The van der Waals surface area contributed by atoms with E-state index in [1.165, 1.54) is 6.07 Å². The van der Waals surface area contributed by atoms with Gasteiger partial charge in [0.25, 0.3) is 0 Å². The summed E-state index contributed by atoms with van der Waals surface area (Å²) in [5.74, 6) is -1.53. The van der Waals surface area contributed by atoms with Gasteiger partial charge in [0.15, 0.2) is 5.82 Å². The molecule has 2 atom stereocenters. The standard InChI is InChI=1S/C14H14BrFN2O2/c15-10-6-3-7-11(12(10)16)18-14(20)9-5-2-1-4-8(9)13(19)17-18/h3,6-9H,1-2,4-5H2,(H,17,19)/t8-,9+/m1/s1. The van der Waals surface area contributed by atoms with Crippen molar-refractivity contribution < 1.29 is 14.0 Å². The number of anilines is 1. The minimum atomic E-state index is -0.546. The van der Waals surface area contributed by atoms with E-state index in [2.05, 4.69) is 21.4 Å². The van der Waals surface area contributed by atoms with Gasteiger partial charge in [-0.2, -0.15) is 0 Å². The summed E-state index contributed by atoms with van der Waals surface area (Å²) in [5, 5.41) is 1.06. The summed E-state index contributed by atoms with van der Waals surface area (Å²) < 4.78 is 14.4. The summed E-state index contributed by atoms with van der Waals surface area (Å²) in [7, 11) is 0. The Morgan fingerprint density at radius 1 is 1.20 bits per heavy atom. The second-order valence-corrected chi connectivity index (χ2v) is 6.07. The quantitative estimate of drug-likeness (QED) is 0.854. The van der Waals surface area contributed by atoms with Gasteiger partial charge in [-0.3, -0.25) is 15.0 Å². The maximum absolute atomic E-state index is 14.1. The predicted molar refractivity (Wildman–Crippen MR) is 75.2 cm³/mol. The molecule has 1 aliphatic heterocycles. The van der Waals surface area contributed by atoms with Gasteiger partial charge in [0, 0.05) is 0 Å². The number of hydrazine groups is 1. The topological polar surface area (TPSA) is 49.4 Å². The molecule has 1 saturated heterocycles. The van der Waals surface area contributed by atoms with E-state index in [9.17, 15) is 14.0 Å². The van der Waals surface area contributed by atoms with Gasteiger partial charge in [0.1, 0.15) is 5.69 Å². The lowest BCUT2D eigenvalue weighted by atomic mass is 9.77. The summed E-state index contributed by atoms with van der Waals surface area (Å²) in [6.45, 7) is 0. The van der Waals surface area contributed by atoms with Gasteiger partial charge >= 0.3 is 0 Å². The lowest BCUT2D eigenvalue weighted by molar-refractivity contribution is -0.141. The third-order valence-corrected chi connectivity index (χ3v) is 4.65. The van der Waals surface area contributed by atoms with E-state index in [-0.39, 0.29) is 33.8 Å². The Kier molecular flexibility index (Phi) is 3.50. The molecule has 2 fully saturated rings. The molecule has 1 saturated carbocycles. The van der Waals surface area contributed by atoms with E-state index in [1.807, 2.05) is 0 Å². The number of rotatable bonds is 1. The van der Waals surface area contributed by atoms with Crippen LogP contribution in [0.3, 0.4) is 0 Å². The van der Waals surface area contributed by atoms with Crippen LogP contribution in [0, 0.1) is 17.7 Å². The van der Waals surface area contributed by atoms with Crippen molar-refractivity contribution in [2.45, 2.75) is 25.7 Å². The summed E-state index contributed by atoms with van der Waals surface area (Å²) >= 11 is 3.09. The van der Waals surface area contributed by atoms with Crippen LogP contribution in [-0.2, 0) is 9.59 Å². The van der Waals surface area contributed by atoms with Gasteiger partial charge in [0.05, 0.1) is 16.3 Å². The SMILES string of the molecule is O=C1NN(c2cccc(Br)c2F)C(=O)[C@H]2CCCC[C@@H]12. The fourth-order valence-corrected chi connectivity index (χ4v) is 3.35. The number of carbonyl (C=O) groups is 2. The molecule has 20 heavy (non-hydrogen) atoms. The minimum absolute atomic E-state index is 0.0850. The average molecular weight is 341 g/mol. The summed E-state index contributed by atoms with van der Waals surface area (Å²) in [6, 6.07) is 4.68. The molecule has 0 radical (unpaired) electrons. The first-order valence-corrected chi connectivity index (χ1v) is 7.47. The molecular formula is C14H14BrFN2O2. The minimum Gasteiger partial charge on any atom is -0.273 e. The van der Waals surface area contributed by atoms with Gasteiger partial charge in [-0.25, -0.2) is 9.40 Å². The van der Waals surface area contributed by atoms with Crippen LogP contribution in [0.25, 0.3) is 0 Å². The van der Waals surface area contributed by atoms with Crippen molar-refractivity contribution in [2.24, 2.45) is 11.8 Å². The Hall–Kier alpha value is -1.43. The van der Waals surface area contributed by atoms with E-state index in [0.717, 1.165) is 24.3 Å². The first kappa shape index (κ1) is 13.5. The van der Waals surface area contributed by atoms with Crippen LogP contribution < -0.4 is 10.4 Å². The maximum atomic E-state index is 14.1. The fourth-order valence-electron chi connectivity index (χ4n) is 3.00. The van der Waals surface area contributed by atoms with Crippen LogP contribution in [0.2, 0.25) is 0 Å². The zero-order valence-corrected chi connectivity index (χ0v) is 12.3. The van der Waals surface area contributed by atoms with Crippen molar-refractivity contribution in [3.63, 3.8) is 0 Å². The number of hydrogen-bond acceptors (Lipinski definition) is 2. The average Bonchev–Trinajstić information content (AvgIpc) is 2.46. The van der Waals surface area contributed by atoms with Crippen LogP contribution in [0.4, 0.5) is 10.1 Å². The summed E-state index contributed by atoms with van der Waals surface area (Å²) in [5.41, 5.74) is 2.62. The van der Waals surface area contributed by atoms with Crippen LogP contribution in [0.1, 0.15) is 25.7 Å². The largest absolute Gasteiger partial charge is 0.273 e. The molecule has 4 nitrogen and oxygen atoms in total. The Labute approximate surface area is 124 Å². The van der Waals surface area contributed by atoms with Crippen LogP contribution in [-0.4, -0.2) is 11.8 Å². The van der Waals surface area contributed by atoms with Crippen molar-refractivity contribution in [1.29, 1.82) is 0 Å². The highest BCUT2D eigenvalue weighted by Gasteiger charge is 2.44. The number of benzene rings is 1. The monoisotopic (exact) mass is 340 g/mol. The van der Waals surface area contributed by atoms with Gasteiger partial charge < -0.3 is 0 Å². The third-order valence-electron chi connectivity index (χ3n) is 4.03. The first-order chi connectivity index (χ1) is 9.59. The summed E-state index contributed by atoms with van der Waals surface area (Å²) in [6.07, 6.45) is 3.34. The van der Waals surface area contributed by atoms with E-state index in [4.69, 9.17) is 0 Å². The number of halogens is 2. The zero-order valence-electron chi connectivity index (χ0n) is 10.7. The molecule has 0 aromatic heterocycles. The fraction of sp³-hybridized carbons (Fsp3) is 0.429. The molecule has 6 heteroatoms. The predicted octanol–water partition coefficient (Wildman–Crippen LogP) is 2.77. The number of nitrogens with zero attached hydrogens (tertiary/aromatic N) is 1. The summed E-state index contributed by atoms with van der Waals surface area (Å²) in [4.78, 5) is 24.6. The smallest absolute Gasteiger partial charge is 0.249 e. The van der Waals surface area contributed by atoms with Gasteiger partial charge in [0.2, 0.25) is 11.8 Å². The molecule has 1 aromatic rings. The molecule has 106 valence electrons. The molecule has 0 unspecified atom stereocenters. The Balaban J connectivity index is 1.96. The van der Waals surface area contributed by atoms with Crippen molar-refractivity contribution in [2.75, 3.05) is 5.01 Å². The van der Waals surface area contributed by atoms with Gasteiger partial charge in [-0.15, -0.1) is 0 Å². The van der Waals surface area contributed by atoms with E-state index in [0.29, 0.717) is 6.42 Å². The van der Waals surface area contributed by atoms with Crippen molar-refractivity contribution in [1.82, 2.24) is 5.43 Å². The highest BCUT2D eigenvalue weighted by molar-refractivity contribution is 9.10. The number of fused-ring (bicyclic) bond motifs is 1. The van der Waals surface area contributed by atoms with Gasteiger partial charge in [-0.05, 0) is 40.9 Å². The van der Waals surface area contributed by atoms with Crippen LogP contribution in [0.5, 0.6) is 0 Å². The molecule has 0 spiro atoms. The Morgan fingerprint density at radius 2 is 1.90 bits per heavy atom. The number of carbonyl (C=O) groups excluding carboxylic acids is 2. The highest BCUT2D eigenvalue weighted by Crippen LogP contribution is 2.36. The van der Waals surface area contributed by atoms with Crippen molar-refractivity contribution >= 4 is 33.4 Å². The molecule has 1 aromatic carbocycles. The second kappa shape index (κ2) is 5.16. The zero-order chi connectivity index (χ0) is 14.3. The van der Waals surface area contributed by atoms with E-state index in [1.54, 1.807) is 12.1 Å². The second-order valence-electron chi connectivity index (χ2n) is 5.22. The van der Waals surface area contributed by atoms with Crippen molar-refractivity contribution in [3.8, 4) is 0 Å². The number of hydrogen-bond donors (Lipinski definition) is 1. The van der Waals surface area contributed by atoms with Crippen LogP contribution >= 0.6 is 15.9 Å². The number of amides is 2. The Morgan fingerprint density at radius 3 is 2.65 bits per heavy atom. The highest BCUT2D eigenvalue weighted by atomic mass is 79.9. The normalized spacial score (nSPS) is 26.2. The maximum Gasteiger partial charge on any atom is 0.249 e. The molecule has 0 bridgehead atoms. The first-order valence-electron chi connectivity index (χ1n) is 6.68. The molecule has 3 rings (SSSR count). The molecule has 1 aliphatic carbocycles. The lowest BCUT2D eigenvalue weighted by Crippen LogP contribution is -2.59. The molecule has 2 aliphatic rings.